The molecule has 0 N–H and O–H groups in total. The van der Waals surface area contributed by atoms with Crippen molar-refractivity contribution in [1.29, 1.82) is 0 Å². The van der Waals surface area contributed by atoms with Crippen molar-refractivity contribution in [1.82, 2.24) is 8.61 Å². The Labute approximate surface area is 117 Å². The minimum Gasteiger partial charge on any atom is -0.422 e. The van der Waals surface area contributed by atoms with Crippen LogP contribution in [0.2, 0.25) is 0 Å². The van der Waals surface area contributed by atoms with Gasteiger partial charge in [0.05, 0.1) is 13.7 Å². The zero-order valence-electron chi connectivity index (χ0n) is 12.1. The summed E-state index contributed by atoms with van der Waals surface area (Å²) in [5.41, 5.74) is 0. The largest absolute Gasteiger partial charge is 0.576 e. The van der Waals surface area contributed by atoms with Crippen LogP contribution in [0.15, 0.2) is 0 Å². The van der Waals surface area contributed by atoms with Crippen molar-refractivity contribution in [2.24, 2.45) is 0 Å². The quantitative estimate of drug-likeness (QED) is 0.238. The normalized spacial score (nSPS) is 12.3. The van der Waals surface area contributed by atoms with Crippen molar-refractivity contribution in [3.63, 3.8) is 0 Å². The SMILES string of the molecule is CCCCCCOC(=O)[S+](N(C)CC)N(C)C(=O)F. The van der Waals surface area contributed by atoms with Crippen molar-refractivity contribution in [3.8, 4) is 0 Å². The van der Waals surface area contributed by atoms with Gasteiger partial charge in [0.1, 0.15) is 0 Å². The molecule has 0 radical (unpaired) electrons. The smallest absolute Gasteiger partial charge is 0.422 e. The molecule has 0 aliphatic rings. The van der Waals surface area contributed by atoms with Crippen molar-refractivity contribution >= 4 is 22.7 Å². The summed E-state index contributed by atoms with van der Waals surface area (Å²) in [4.78, 5) is 22.7. The second kappa shape index (κ2) is 10.0. The van der Waals surface area contributed by atoms with Crippen LogP contribution in [-0.2, 0) is 16.0 Å². The zero-order chi connectivity index (χ0) is 14.8. The van der Waals surface area contributed by atoms with Crippen LogP contribution in [0.5, 0.6) is 0 Å². The summed E-state index contributed by atoms with van der Waals surface area (Å²) in [7, 11) is 2.91. The van der Waals surface area contributed by atoms with E-state index in [1.807, 2.05) is 6.92 Å². The number of rotatable bonds is 7. The van der Waals surface area contributed by atoms with Gasteiger partial charge in [0.2, 0.25) is 0 Å². The minimum absolute atomic E-state index is 0.314. The van der Waals surface area contributed by atoms with Crippen LogP contribution >= 0.6 is 0 Å². The predicted octanol–water partition coefficient (Wildman–Crippen LogP) is 3.12. The molecule has 1 amide bonds. The standard InChI is InChI=1S/C12H24FN2O3S/c1-5-7-8-9-10-18-12(17)19(14(3)6-2)15(4)11(13)16/h5-10H2,1-4H3/q+1. The Morgan fingerprint density at radius 2 is 1.79 bits per heavy atom. The van der Waals surface area contributed by atoms with E-state index in [2.05, 4.69) is 6.92 Å². The van der Waals surface area contributed by atoms with Gasteiger partial charge >= 0.3 is 22.7 Å². The van der Waals surface area contributed by atoms with E-state index in [0.29, 0.717) is 13.2 Å². The lowest BCUT2D eigenvalue weighted by Gasteiger charge is -2.17. The summed E-state index contributed by atoms with van der Waals surface area (Å²) in [5.74, 6) is 0. The van der Waals surface area contributed by atoms with Gasteiger partial charge in [-0.1, -0.05) is 30.5 Å². The third-order valence-electron chi connectivity index (χ3n) is 2.61. The maximum Gasteiger partial charge on any atom is 0.576 e. The number of carbonyl (C=O) groups excluding carboxylic acids is 2. The predicted molar refractivity (Wildman–Crippen MR) is 75.4 cm³/mol. The molecule has 19 heavy (non-hydrogen) atoms. The fraction of sp³-hybridized carbons (Fsp3) is 0.833. The highest BCUT2D eigenvalue weighted by molar-refractivity contribution is 8.06. The van der Waals surface area contributed by atoms with Crippen molar-refractivity contribution in [3.05, 3.63) is 0 Å². The van der Waals surface area contributed by atoms with Gasteiger partial charge in [-0.05, 0) is 13.3 Å². The summed E-state index contributed by atoms with van der Waals surface area (Å²) in [5, 5.41) is -0.561. The average Bonchev–Trinajstić information content (AvgIpc) is 2.38. The Morgan fingerprint density at radius 3 is 2.26 bits per heavy atom. The molecule has 7 heteroatoms. The molecule has 0 aliphatic heterocycles. The van der Waals surface area contributed by atoms with Crippen LogP contribution in [0.3, 0.4) is 0 Å². The average molecular weight is 295 g/mol. The van der Waals surface area contributed by atoms with Crippen molar-refractivity contribution in [2.75, 3.05) is 27.2 Å². The molecule has 5 nitrogen and oxygen atoms in total. The Balaban J connectivity index is 4.35. The number of carbonyl (C=O) groups is 2. The van der Waals surface area contributed by atoms with Crippen LogP contribution in [-0.4, -0.2) is 47.3 Å². The van der Waals surface area contributed by atoms with E-state index in [4.69, 9.17) is 4.74 Å². The van der Waals surface area contributed by atoms with E-state index in [0.717, 1.165) is 30.0 Å². The van der Waals surface area contributed by atoms with E-state index < -0.39 is 22.7 Å². The first-order valence-electron chi connectivity index (χ1n) is 6.51. The van der Waals surface area contributed by atoms with Crippen molar-refractivity contribution < 1.29 is 18.7 Å². The maximum absolute atomic E-state index is 12.8. The molecule has 0 saturated carbocycles. The minimum atomic E-state index is -1.63. The van der Waals surface area contributed by atoms with Gasteiger partial charge < -0.3 is 4.74 Å². The third kappa shape index (κ3) is 6.77. The molecule has 1 unspecified atom stereocenters. The highest BCUT2D eigenvalue weighted by atomic mass is 32.2. The number of unbranched alkanes of at least 4 members (excludes halogenated alkanes) is 3. The van der Waals surface area contributed by atoms with Gasteiger partial charge in [-0.2, -0.15) is 4.79 Å². The van der Waals surface area contributed by atoms with Crippen LogP contribution < -0.4 is 0 Å². The molecular formula is C12H24FN2O3S+. The molecule has 0 aromatic rings. The summed E-state index contributed by atoms with van der Waals surface area (Å²) in [6.45, 7) is 4.76. The van der Waals surface area contributed by atoms with Gasteiger partial charge in [-0.3, -0.25) is 0 Å². The summed E-state index contributed by atoms with van der Waals surface area (Å²) in [6, 6.07) is 0. The lowest BCUT2D eigenvalue weighted by molar-refractivity contribution is 0.167. The first kappa shape index (κ1) is 18.2. The van der Waals surface area contributed by atoms with Gasteiger partial charge in [-0.25, -0.2) is 4.79 Å². The Bertz CT molecular complexity index is 292. The fourth-order valence-electron chi connectivity index (χ4n) is 1.38. The lowest BCUT2D eigenvalue weighted by Crippen LogP contribution is -2.46. The number of ether oxygens (including phenoxy) is 1. The fourth-order valence-corrected chi connectivity index (χ4v) is 2.84. The van der Waals surface area contributed by atoms with Crippen LogP contribution in [0.25, 0.3) is 0 Å². The first-order valence-corrected chi connectivity index (χ1v) is 7.65. The van der Waals surface area contributed by atoms with Gasteiger partial charge in [-0.15, -0.1) is 8.70 Å². The molecule has 0 spiro atoms. The Morgan fingerprint density at radius 1 is 1.16 bits per heavy atom. The molecular weight excluding hydrogens is 271 g/mol. The molecule has 112 valence electrons. The monoisotopic (exact) mass is 295 g/mol. The van der Waals surface area contributed by atoms with Gasteiger partial charge in [0.25, 0.3) is 0 Å². The van der Waals surface area contributed by atoms with E-state index in [-0.39, 0.29) is 0 Å². The highest BCUT2D eigenvalue weighted by Crippen LogP contribution is 2.13. The molecule has 0 aliphatic carbocycles. The second-order valence-corrected chi connectivity index (χ2v) is 6.15. The van der Waals surface area contributed by atoms with E-state index in [1.165, 1.54) is 7.05 Å². The molecule has 0 aromatic carbocycles. The third-order valence-corrected chi connectivity index (χ3v) is 4.54. The molecule has 1 atom stereocenters. The van der Waals surface area contributed by atoms with E-state index in [9.17, 15) is 14.0 Å². The maximum atomic E-state index is 12.8. The van der Waals surface area contributed by atoms with E-state index >= 15 is 0 Å². The summed E-state index contributed by atoms with van der Waals surface area (Å²) < 4.78 is 20.2. The van der Waals surface area contributed by atoms with Gasteiger partial charge in [0.15, 0.2) is 0 Å². The lowest BCUT2D eigenvalue weighted by atomic mass is 10.2. The second-order valence-electron chi connectivity index (χ2n) is 4.12. The van der Waals surface area contributed by atoms with Crippen molar-refractivity contribution in [2.45, 2.75) is 39.5 Å². The summed E-state index contributed by atoms with van der Waals surface area (Å²) >= 11 is -1.32. The molecule has 0 bridgehead atoms. The Hall–Kier alpha value is -0.820. The first-order chi connectivity index (χ1) is 8.95. The number of hydrogen-bond acceptors (Lipinski definition) is 4. The molecule has 0 fully saturated rings. The van der Waals surface area contributed by atoms with Crippen LogP contribution in [0, 0.1) is 0 Å². The number of hydrogen-bond donors (Lipinski definition) is 0. The zero-order valence-corrected chi connectivity index (χ0v) is 13.0. The number of amides is 1. The van der Waals surface area contributed by atoms with Gasteiger partial charge in [0, 0.05) is 13.6 Å². The molecule has 0 rings (SSSR count). The van der Waals surface area contributed by atoms with Crippen LogP contribution in [0.1, 0.15) is 39.5 Å². The molecule has 0 heterocycles. The number of halogens is 1. The number of nitrogens with zero attached hydrogens (tertiary/aromatic N) is 2. The summed E-state index contributed by atoms with van der Waals surface area (Å²) in [6.07, 6.45) is 2.36. The molecule has 0 saturated heterocycles. The Kier molecular flexibility index (Phi) is 9.59. The molecule has 0 aromatic heterocycles. The van der Waals surface area contributed by atoms with Crippen LogP contribution in [0.4, 0.5) is 14.0 Å². The topological polar surface area (TPSA) is 49.9 Å². The highest BCUT2D eigenvalue weighted by Gasteiger charge is 2.45. The van der Waals surface area contributed by atoms with E-state index in [1.54, 1.807) is 11.4 Å².